The lowest BCUT2D eigenvalue weighted by molar-refractivity contribution is -0.141. The molecule has 1 unspecified atom stereocenters. The zero-order valence-electron chi connectivity index (χ0n) is 19.3. The number of alkyl halides is 3. The molecule has 0 bridgehead atoms. The van der Waals surface area contributed by atoms with Crippen LogP contribution in [0.25, 0.3) is 0 Å². The maximum absolute atomic E-state index is 14.6. The van der Waals surface area contributed by atoms with Gasteiger partial charge in [0.15, 0.2) is 0 Å². The van der Waals surface area contributed by atoms with E-state index in [-0.39, 0.29) is 35.2 Å². The van der Waals surface area contributed by atoms with Crippen molar-refractivity contribution in [1.29, 1.82) is 0 Å². The summed E-state index contributed by atoms with van der Waals surface area (Å²) in [7, 11) is -3.75. The van der Waals surface area contributed by atoms with Crippen molar-refractivity contribution in [2.24, 2.45) is 5.73 Å². The van der Waals surface area contributed by atoms with E-state index in [1.165, 1.54) is 19.1 Å². The minimum Gasteiger partial charge on any atom is -0.474 e. The molecule has 0 radical (unpaired) electrons. The van der Waals surface area contributed by atoms with Crippen molar-refractivity contribution >= 4 is 21.6 Å². The molecule has 3 rings (SSSR count). The lowest BCUT2D eigenvalue weighted by atomic mass is 9.76. The van der Waals surface area contributed by atoms with Gasteiger partial charge in [-0.1, -0.05) is 18.6 Å². The SMILES string of the molecule is CC(Cc1ccc(C(F)(F)F)nc1OC1CCCCC1)(C(N)=O)c1ccc(NS(C)(=O)=O)c(F)c1. The number of carbonyl (C=O) groups excluding carboxylic acids is 1. The Morgan fingerprint density at radius 3 is 2.37 bits per heavy atom. The highest BCUT2D eigenvalue weighted by molar-refractivity contribution is 7.92. The van der Waals surface area contributed by atoms with E-state index in [0.29, 0.717) is 12.8 Å². The van der Waals surface area contributed by atoms with Crippen LogP contribution < -0.4 is 15.2 Å². The maximum atomic E-state index is 14.6. The number of ether oxygens (including phenoxy) is 1. The van der Waals surface area contributed by atoms with Gasteiger partial charge in [-0.2, -0.15) is 13.2 Å². The van der Waals surface area contributed by atoms with E-state index in [0.717, 1.165) is 43.7 Å². The number of halogens is 4. The van der Waals surface area contributed by atoms with E-state index in [2.05, 4.69) is 4.98 Å². The summed E-state index contributed by atoms with van der Waals surface area (Å²) in [5.41, 5.74) is 2.98. The lowest BCUT2D eigenvalue weighted by Gasteiger charge is -2.29. The van der Waals surface area contributed by atoms with Gasteiger partial charge in [0.25, 0.3) is 0 Å². The van der Waals surface area contributed by atoms with E-state index in [4.69, 9.17) is 10.5 Å². The number of carbonyl (C=O) groups is 1. The number of hydrogen-bond acceptors (Lipinski definition) is 5. The lowest BCUT2D eigenvalue weighted by Crippen LogP contribution is -2.41. The maximum Gasteiger partial charge on any atom is 0.433 e. The minimum absolute atomic E-state index is 0.116. The van der Waals surface area contributed by atoms with Crippen LogP contribution in [0.1, 0.15) is 55.8 Å². The Balaban J connectivity index is 2.01. The Hall–Kier alpha value is -2.89. The predicted molar refractivity (Wildman–Crippen MR) is 122 cm³/mol. The second-order valence-corrected chi connectivity index (χ2v) is 10.7. The Bertz CT molecular complexity index is 1200. The van der Waals surface area contributed by atoms with E-state index < -0.39 is 39.0 Å². The molecule has 1 aliphatic rings. The summed E-state index contributed by atoms with van der Waals surface area (Å²) in [5.74, 6) is -2.04. The molecule has 35 heavy (non-hydrogen) atoms. The molecule has 7 nitrogen and oxygen atoms in total. The van der Waals surface area contributed by atoms with Gasteiger partial charge in [0, 0.05) is 5.56 Å². The zero-order valence-corrected chi connectivity index (χ0v) is 20.1. The van der Waals surface area contributed by atoms with Crippen molar-refractivity contribution in [3.63, 3.8) is 0 Å². The summed E-state index contributed by atoms with van der Waals surface area (Å²) in [6, 6.07) is 5.44. The zero-order chi connectivity index (χ0) is 26.0. The van der Waals surface area contributed by atoms with Crippen LogP contribution in [-0.2, 0) is 32.8 Å². The first kappa shape index (κ1) is 26.7. The molecular weight excluding hydrogens is 490 g/mol. The third kappa shape index (κ3) is 6.62. The van der Waals surface area contributed by atoms with Crippen LogP contribution in [0.2, 0.25) is 0 Å². The summed E-state index contributed by atoms with van der Waals surface area (Å²) in [6.07, 6.45) is -0.240. The van der Waals surface area contributed by atoms with Gasteiger partial charge in [-0.25, -0.2) is 17.8 Å². The molecular formula is C23H27F4N3O4S. The fraction of sp³-hybridized carbons (Fsp3) is 0.478. The van der Waals surface area contributed by atoms with Crippen LogP contribution in [0.5, 0.6) is 5.88 Å². The largest absolute Gasteiger partial charge is 0.474 e. The number of primary amides is 1. The van der Waals surface area contributed by atoms with Crippen molar-refractivity contribution in [3.05, 3.63) is 53.0 Å². The van der Waals surface area contributed by atoms with Gasteiger partial charge >= 0.3 is 6.18 Å². The molecule has 1 atom stereocenters. The summed E-state index contributed by atoms with van der Waals surface area (Å²) < 4.78 is 85.4. The average Bonchev–Trinajstić information content (AvgIpc) is 2.75. The number of rotatable bonds is 8. The van der Waals surface area contributed by atoms with Gasteiger partial charge in [0.1, 0.15) is 17.6 Å². The summed E-state index contributed by atoms with van der Waals surface area (Å²) in [5, 5.41) is 0. The monoisotopic (exact) mass is 517 g/mol. The Labute approximate surface area is 201 Å². The predicted octanol–water partition coefficient (Wildman–Crippen LogP) is 4.31. The fourth-order valence-electron chi connectivity index (χ4n) is 4.06. The molecule has 3 N–H and O–H groups in total. The van der Waals surface area contributed by atoms with E-state index in [1.807, 2.05) is 4.72 Å². The molecule has 0 spiro atoms. The molecule has 1 amide bonds. The number of benzene rings is 1. The second-order valence-electron chi connectivity index (χ2n) is 8.98. The van der Waals surface area contributed by atoms with E-state index >= 15 is 0 Å². The molecule has 1 aromatic heterocycles. The number of aromatic nitrogens is 1. The molecule has 1 saturated carbocycles. The standard InChI is InChI=1S/C23H27F4N3O4S/c1-22(21(28)31,15-9-10-18(17(24)12-15)30-35(2,32)33)13-14-8-11-19(23(25,26)27)29-20(14)34-16-6-4-3-5-7-16/h8-12,16,30H,3-7,13H2,1-2H3,(H2,28,31). The number of nitrogens with zero attached hydrogens (tertiary/aromatic N) is 1. The topological polar surface area (TPSA) is 111 Å². The number of pyridine rings is 1. The Morgan fingerprint density at radius 1 is 1.17 bits per heavy atom. The van der Waals surface area contributed by atoms with Gasteiger partial charge < -0.3 is 10.5 Å². The second kappa shape index (κ2) is 10.00. The summed E-state index contributed by atoms with van der Waals surface area (Å²) in [6.45, 7) is 1.43. The summed E-state index contributed by atoms with van der Waals surface area (Å²) in [4.78, 5) is 16.2. The van der Waals surface area contributed by atoms with Crippen molar-refractivity contribution in [3.8, 4) is 5.88 Å². The van der Waals surface area contributed by atoms with Crippen molar-refractivity contribution in [2.45, 2.75) is 63.1 Å². The van der Waals surface area contributed by atoms with Crippen LogP contribution in [0.15, 0.2) is 30.3 Å². The first-order valence-electron chi connectivity index (χ1n) is 11.0. The molecule has 1 aromatic carbocycles. The summed E-state index contributed by atoms with van der Waals surface area (Å²) >= 11 is 0. The number of amides is 1. The van der Waals surface area contributed by atoms with Crippen LogP contribution in [0.4, 0.5) is 23.2 Å². The molecule has 0 aliphatic heterocycles. The van der Waals surface area contributed by atoms with E-state index in [1.54, 1.807) is 0 Å². The number of anilines is 1. The average molecular weight is 518 g/mol. The molecule has 0 saturated heterocycles. The van der Waals surface area contributed by atoms with Crippen molar-refractivity contribution in [2.75, 3.05) is 11.0 Å². The Morgan fingerprint density at radius 2 is 1.83 bits per heavy atom. The number of nitrogens with one attached hydrogen (secondary N) is 1. The molecule has 1 aliphatic carbocycles. The van der Waals surface area contributed by atoms with E-state index in [9.17, 15) is 30.8 Å². The van der Waals surface area contributed by atoms with Crippen LogP contribution >= 0.6 is 0 Å². The highest BCUT2D eigenvalue weighted by Gasteiger charge is 2.38. The molecule has 192 valence electrons. The third-order valence-corrected chi connectivity index (χ3v) is 6.64. The quantitative estimate of drug-likeness (QED) is 0.507. The molecule has 12 heteroatoms. The molecule has 1 fully saturated rings. The fourth-order valence-corrected chi connectivity index (χ4v) is 4.62. The van der Waals surface area contributed by atoms with Gasteiger partial charge in [-0.15, -0.1) is 0 Å². The van der Waals surface area contributed by atoms with Crippen LogP contribution in [0.3, 0.4) is 0 Å². The third-order valence-electron chi connectivity index (χ3n) is 6.05. The van der Waals surface area contributed by atoms with Gasteiger partial charge in [0.2, 0.25) is 21.8 Å². The normalized spacial score (nSPS) is 17.0. The van der Waals surface area contributed by atoms with Crippen LogP contribution in [0, 0.1) is 5.82 Å². The number of nitrogens with two attached hydrogens (primary N) is 1. The molecule has 1 heterocycles. The molecule has 2 aromatic rings. The highest BCUT2D eigenvalue weighted by Crippen LogP contribution is 2.36. The van der Waals surface area contributed by atoms with Gasteiger partial charge in [-0.3, -0.25) is 9.52 Å². The first-order valence-corrected chi connectivity index (χ1v) is 12.9. The highest BCUT2D eigenvalue weighted by atomic mass is 32.2. The number of hydrogen-bond donors (Lipinski definition) is 2. The minimum atomic E-state index is -4.69. The Kier molecular flexibility index (Phi) is 7.63. The van der Waals surface area contributed by atoms with Crippen molar-refractivity contribution < 1.29 is 35.5 Å². The smallest absolute Gasteiger partial charge is 0.433 e. The van der Waals surface area contributed by atoms with Gasteiger partial charge in [0.05, 0.1) is 17.4 Å². The number of sulfonamides is 1. The first-order chi connectivity index (χ1) is 16.2. The van der Waals surface area contributed by atoms with Crippen molar-refractivity contribution in [1.82, 2.24) is 4.98 Å². The van der Waals surface area contributed by atoms with Gasteiger partial charge in [-0.05, 0) is 62.8 Å². The van der Waals surface area contributed by atoms with Crippen LogP contribution in [-0.4, -0.2) is 31.7 Å².